The average Bonchev–Trinajstić information content (AvgIpc) is 2.78. The van der Waals surface area contributed by atoms with Crippen molar-refractivity contribution < 1.29 is 37.2 Å². The van der Waals surface area contributed by atoms with Gasteiger partial charge in [0.25, 0.3) is 5.69 Å². The summed E-state index contributed by atoms with van der Waals surface area (Å²) in [6, 6.07) is 5.26. The number of rotatable bonds is 8. The predicted octanol–water partition coefficient (Wildman–Crippen LogP) is 6.27. The maximum Gasteiger partial charge on any atom is 0.416 e. The Morgan fingerprint density at radius 3 is 2.38 bits per heavy atom. The molecular weight excluding hydrogens is 505 g/mol. The molecule has 2 unspecified atom stereocenters. The van der Waals surface area contributed by atoms with Gasteiger partial charge in [0.15, 0.2) is 6.10 Å². The van der Waals surface area contributed by atoms with E-state index in [0.29, 0.717) is 6.07 Å². The first kappa shape index (κ1) is 27.1. The number of alkyl halides is 3. The van der Waals surface area contributed by atoms with Crippen LogP contribution in [0.5, 0.6) is 11.5 Å². The molecule has 0 saturated carbocycles. The fraction of sp³-hybridized carbons (Fsp3) is 0.300. The predicted molar refractivity (Wildman–Crippen MR) is 119 cm³/mol. The Labute approximate surface area is 197 Å². The molecule has 0 fully saturated rings. The van der Waals surface area contributed by atoms with E-state index in [1.165, 1.54) is 13.2 Å². The Hall–Kier alpha value is -3.19. The lowest BCUT2D eigenvalue weighted by molar-refractivity contribution is -0.385. The second-order valence-corrected chi connectivity index (χ2v) is 10.6. The number of benzene rings is 2. The third-order valence-corrected chi connectivity index (χ3v) is 7.59. The van der Waals surface area contributed by atoms with Gasteiger partial charge in [0.05, 0.1) is 15.5 Å². The van der Waals surface area contributed by atoms with Gasteiger partial charge in [-0.25, -0.2) is 4.79 Å². The van der Waals surface area contributed by atoms with E-state index in [0.717, 1.165) is 30.3 Å². The molecule has 2 aromatic rings. The molecular formula is C20H18ClF3N2O7S. The van der Waals surface area contributed by atoms with Crippen molar-refractivity contribution in [3.05, 3.63) is 67.6 Å². The third-order valence-electron chi connectivity index (χ3n) is 4.65. The van der Waals surface area contributed by atoms with Crippen molar-refractivity contribution in [2.75, 3.05) is 12.0 Å². The van der Waals surface area contributed by atoms with Crippen LogP contribution in [0.3, 0.4) is 0 Å². The maximum atomic E-state index is 12.8. The van der Waals surface area contributed by atoms with Crippen LogP contribution < -0.4 is 4.74 Å². The summed E-state index contributed by atoms with van der Waals surface area (Å²) in [6.45, 7) is 2.78. The first-order chi connectivity index (χ1) is 15.7. The van der Waals surface area contributed by atoms with Crippen LogP contribution in [-0.2, 0) is 15.7 Å². The van der Waals surface area contributed by atoms with E-state index in [-0.39, 0.29) is 22.3 Å². The van der Waals surface area contributed by atoms with Crippen molar-refractivity contribution in [2.45, 2.75) is 26.1 Å². The fourth-order valence-electron chi connectivity index (χ4n) is 2.65. The van der Waals surface area contributed by atoms with Crippen molar-refractivity contribution in [3.63, 3.8) is 0 Å². The third kappa shape index (κ3) is 6.03. The number of esters is 1. The highest BCUT2D eigenvalue weighted by Gasteiger charge is 2.35. The van der Waals surface area contributed by atoms with Gasteiger partial charge in [0.1, 0.15) is 17.1 Å². The van der Waals surface area contributed by atoms with E-state index >= 15 is 0 Å². The Bertz CT molecular complexity index is 1150. The number of halogens is 4. The van der Waals surface area contributed by atoms with Gasteiger partial charge in [-0.15, -0.1) is 4.91 Å². The van der Waals surface area contributed by atoms with Gasteiger partial charge in [-0.2, -0.15) is 13.2 Å². The summed E-state index contributed by atoms with van der Waals surface area (Å²) in [5.74, 6) is -1.50. The van der Waals surface area contributed by atoms with Crippen molar-refractivity contribution in [1.29, 1.82) is 0 Å². The zero-order chi connectivity index (χ0) is 25.8. The summed E-state index contributed by atoms with van der Waals surface area (Å²) in [7, 11) is -2.61. The second kappa shape index (κ2) is 10.4. The minimum absolute atomic E-state index is 0.120. The highest BCUT2D eigenvalue weighted by atomic mass is 35.5. The van der Waals surface area contributed by atoms with Crippen LogP contribution in [0, 0.1) is 15.0 Å². The summed E-state index contributed by atoms with van der Waals surface area (Å²) in [6.07, 6.45) is -4.70. The highest BCUT2D eigenvalue weighted by Crippen LogP contribution is 2.47. The number of carbonyl (C=O) groups is 2. The fourth-order valence-corrected chi connectivity index (χ4v) is 4.10. The molecule has 2 aromatic carbocycles. The molecule has 0 aromatic heterocycles. The number of nitrogens with zero attached hydrogens (tertiary/aromatic N) is 2. The number of ether oxygens (including phenoxy) is 2. The topological polar surface area (TPSA) is 125 Å². The summed E-state index contributed by atoms with van der Waals surface area (Å²) in [5.41, 5.74) is -2.27. The average molecular weight is 523 g/mol. The highest BCUT2D eigenvalue weighted by molar-refractivity contribution is 8.43. The largest absolute Gasteiger partial charge is 0.456 e. The van der Waals surface area contributed by atoms with Crippen LogP contribution in [0.15, 0.2) is 41.0 Å². The lowest BCUT2D eigenvalue weighted by atomic mass is 10.1. The first-order valence-electron chi connectivity index (χ1n) is 9.42. The Morgan fingerprint density at radius 1 is 1.24 bits per heavy atom. The molecule has 9 nitrogen and oxygen atoms in total. The smallest absolute Gasteiger partial charge is 0.416 e. The van der Waals surface area contributed by atoms with Gasteiger partial charge in [-0.3, -0.25) is 14.9 Å². The van der Waals surface area contributed by atoms with Crippen LogP contribution in [0.25, 0.3) is 0 Å². The molecule has 2 atom stereocenters. The molecule has 184 valence electrons. The van der Waals surface area contributed by atoms with E-state index in [9.17, 15) is 37.8 Å². The number of hydrogen-bond acceptors (Lipinski definition) is 8. The van der Waals surface area contributed by atoms with Crippen LogP contribution in [-0.4, -0.2) is 34.1 Å². The van der Waals surface area contributed by atoms with Gasteiger partial charge >= 0.3 is 12.1 Å². The first-order valence-corrected chi connectivity index (χ1v) is 12.0. The lowest BCUT2D eigenvalue weighted by Gasteiger charge is -2.26. The van der Waals surface area contributed by atoms with Crippen molar-refractivity contribution in [3.8, 4) is 11.5 Å². The zero-order valence-electron chi connectivity index (χ0n) is 17.9. The van der Waals surface area contributed by atoms with Gasteiger partial charge < -0.3 is 9.47 Å². The van der Waals surface area contributed by atoms with Gasteiger partial charge in [-0.1, -0.05) is 18.5 Å². The summed E-state index contributed by atoms with van der Waals surface area (Å²) in [4.78, 5) is 46.7. The molecule has 0 bridgehead atoms. The standard InChI is InChI=1S/C20H18ClF3N2O7S/c1-4-34(3,25-29)19(28)11(2)32-18(27)14-10-13(6-7-16(14)26(30)31)33-17-8-5-12(9-15(17)21)20(22,23)24/h5-11H,4H2,1-3H3. The summed E-state index contributed by atoms with van der Waals surface area (Å²) >= 11 is 5.85. The van der Waals surface area contributed by atoms with Gasteiger partial charge in [-0.05, 0) is 52.2 Å². The van der Waals surface area contributed by atoms with E-state index in [4.69, 9.17) is 21.1 Å². The van der Waals surface area contributed by atoms with E-state index in [1.54, 1.807) is 6.92 Å². The van der Waals surface area contributed by atoms with Crippen LogP contribution >= 0.6 is 21.8 Å². The quantitative estimate of drug-likeness (QED) is 0.173. The van der Waals surface area contributed by atoms with Crippen LogP contribution in [0.4, 0.5) is 18.9 Å². The SMILES string of the molecule is CCS(C)(N=O)C(=O)C(C)OC(=O)c1cc(Oc2ccc(C(F)(F)F)cc2Cl)ccc1[N+](=O)[O-]. The van der Waals surface area contributed by atoms with Crippen molar-refractivity contribution >= 4 is 38.6 Å². The van der Waals surface area contributed by atoms with Crippen molar-refractivity contribution in [1.82, 2.24) is 0 Å². The Kier molecular flexibility index (Phi) is 8.26. The van der Waals surface area contributed by atoms with E-state index in [2.05, 4.69) is 4.58 Å². The Balaban J connectivity index is 2.35. The minimum Gasteiger partial charge on any atom is -0.456 e. The number of nitro groups is 1. The molecule has 0 amide bonds. The van der Waals surface area contributed by atoms with E-state index in [1.807, 2.05) is 0 Å². The minimum atomic E-state index is -4.63. The lowest BCUT2D eigenvalue weighted by Crippen LogP contribution is -2.28. The number of hydrogen-bond donors (Lipinski definition) is 0. The summed E-state index contributed by atoms with van der Waals surface area (Å²) in [5, 5.41) is 10.3. The molecule has 0 N–H and O–H groups in total. The molecule has 0 saturated heterocycles. The molecule has 0 heterocycles. The van der Waals surface area contributed by atoms with Crippen LogP contribution in [0.1, 0.15) is 29.8 Å². The molecule has 34 heavy (non-hydrogen) atoms. The molecule has 0 aliphatic heterocycles. The molecule has 14 heteroatoms. The molecule has 0 radical (unpaired) electrons. The Morgan fingerprint density at radius 2 is 1.88 bits per heavy atom. The number of nitro benzene ring substituents is 1. The van der Waals surface area contributed by atoms with E-state index < -0.39 is 55.3 Å². The molecule has 0 spiro atoms. The monoisotopic (exact) mass is 522 g/mol. The van der Waals surface area contributed by atoms with Gasteiger partial charge in [0.2, 0.25) is 5.12 Å². The molecule has 0 aliphatic carbocycles. The second-order valence-electron chi connectivity index (χ2n) is 6.95. The normalized spacial score (nSPS) is 14.9. The molecule has 0 aliphatic rings. The maximum absolute atomic E-state index is 12.8. The number of carbonyl (C=O) groups excluding carboxylic acids is 2. The van der Waals surface area contributed by atoms with Crippen molar-refractivity contribution in [2.24, 2.45) is 4.58 Å². The zero-order valence-corrected chi connectivity index (χ0v) is 19.5. The van der Waals surface area contributed by atoms with Crippen LogP contribution in [0.2, 0.25) is 5.02 Å². The van der Waals surface area contributed by atoms with Gasteiger partial charge in [0, 0.05) is 17.9 Å². The summed E-state index contributed by atoms with van der Waals surface area (Å²) < 4.78 is 51.7. The number of nitroso groups, excluding NO2 is 1. The molecule has 2 rings (SSSR count).